The minimum Gasteiger partial charge on any atom is -0.481 e. The Morgan fingerprint density at radius 3 is 1.98 bits per heavy atom. The summed E-state index contributed by atoms with van der Waals surface area (Å²) in [5, 5.41) is 30.5. The van der Waals surface area contributed by atoms with Crippen LogP contribution in [0, 0.1) is 6.92 Å². The maximum absolute atomic E-state index is 12.7. The molecule has 0 spiro atoms. The number of rotatable bonds is 26. The number of ether oxygens (including phenoxy) is 2. The zero-order valence-electron chi connectivity index (χ0n) is 27.4. The zero-order chi connectivity index (χ0) is 36.6. The number of primary amides is 1. The van der Waals surface area contributed by atoms with E-state index >= 15 is 0 Å². The van der Waals surface area contributed by atoms with Crippen molar-refractivity contribution >= 4 is 47.4 Å². The normalized spacial score (nSPS) is 11.8. The summed E-state index contributed by atoms with van der Waals surface area (Å²) >= 11 is 0. The average Bonchev–Trinajstić information content (AvgIpc) is 3.04. The Morgan fingerprint density at radius 1 is 0.735 bits per heavy atom. The lowest BCUT2D eigenvalue weighted by Gasteiger charge is -2.19. The predicted octanol–water partition coefficient (Wildman–Crippen LogP) is -1.65. The van der Waals surface area contributed by atoms with E-state index in [1.165, 1.54) is 0 Å². The number of unbranched alkanes of at least 4 members (excludes halogenated alkanes) is 1. The summed E-state index contributed by atoms with van der Waals surface area (Å²) in [6.07, 6.45) is 0.0321. The molecule has 49 heavy (non-hydrogen) atoms. The van der Waals surface area contributed by atoms with Gasteiger partial charge in [0, 0.05) is 31.4 Å². The zero-order valence-corrected chi connectivity index (χ0v) is 27.4. The van der Waals surface area contributed by atoms with Gasteiger partial charge in [0.1, 0.15) is 12.1 Å². The molecule has 0 aliphatic heterocycles. The van der Waals surface area contributed by atoms with Crippen LogP contribution in [0.25, 0.3) is 0 Å². The van der Waals surface area contributed by atoms with E-state index in [0.717, 1.165) is 5.56 Å². The molecule has 9 N–H and O–H groups in total. The lowest BCUT2D eigenvalue weighted by atomic mass is 10.1. The minimum atomic E-state index is -1.36. The Morgan fingerprint density at radius 2 is 1.37 bits per heavy atom. The maximum atomic E-state index is 12.7. The highest BCUT2D eigenvalue weighted by Crippen LogP contribution is 2.05. The molecule has 6 amide bonds. The fraction of sp³-hybridized carbons (Fsp3) is 0.548. The number of nitrogens with two attached hydrogens (primary N) is 1. The second-order valence-corrected chi connectivity index (χ2v) is 10.8. The number of amides is 6. The number of carboxylic acids is 2. The largest absolute Gasteiger partial charge is 0.481 e. The number of carbonyl (C=O) groups excluding carboxylic acids is 6. The molecule has 0 bridgehead atoms. The molecule has 1 unspecified atom stereocenters. The molecule has 0 radical (unpaired) electrons. The molecule has 1 aromatic rings. The fourth-order valence-corrected chi connectivity index (χ4v) is 4.07. The van der Waals surface area contributed by atoms with Gasteiger partial charge in [0.05, 0.1) is 39.5 Å². The van der Waals surface area contributed by atoms with Crippen molar-refractivity contribution in [2.75, 3.05) is 46.1 Å². The molecule has 272 valence electrons. The van der Waals surface area contributed by atoms with E-state index in [1.807, 2.05) is 13.0 Å². The van der Waals surface area contributed by atoms with Gasteiger partial charge in [0.25, 0.3) is 5.91 Å². The lowest BCUT2D eigenvalue weighted by Crippen LogP contribution is -2.52. The van der Waals surface area contributed by atoms with Gasteiger partial charge in [-0.1, -0.05) is 17.7 Å². The smallest absolute Gasteiger partial charge is 0.326 e. The molecule has 2 atom stereocenters. The molecular formula is C31H46N6O12. The van der Waals surface area contributed by atoms with Crippen molar-refractivity contribution in [3.05, 3.63) is 35.4 Å². The van der Waals surface area contributed by atoms with Crippen molar-refractivity contribution in [1.82, 2.24) is 26.6 Å². The van der Waals surface area contributed by atoms with Crippen LogP contribution in [0.15, 0.2) is 24.3 Å². The van der Waals surface area contributed by atoms with Crippen LogP contribution in [-0.4, -0.2) is 116 Å². The minimum absolute atomic E-state index is 0.0216. The van der Waals surface area contributed by atoms with E-state index in [-0.39, 0.29) is 58.0 Å². The van der Waals surface area contributed by atoms with Gasteiger partial charge < -0.3 is 52.0 Å². The first-order valence-electron chi connectivity index (χ1n) is 15.6. The molecule has 0 saturated heterocycles. The van der Waals surface area contributed by atoms with E-state index in [0.29, 0.717) is 24.9 Å². The Balaban J connectivity index is 2.43. The van der Waals surface area contributed by atoms with Gasteiger partial charge >= 0.3 is 11.9 Å². The number of carboxylic acid groups (broad SMARTS) is 2. The Bertz CT molecular complexity index is 1290. The Kier molecular flexibility index (Phi) is 20.6. The molecule has 0 fully saturated rings. The summed E-state index contributed by atoms with van der Waals surface area (Å²) in [6.45, 7) is 1.51. The quantitative estimate of drug-likeness (QED) is 0.0506. The van der Waals surface area contributed by atoms with Gasteiger partial charge in [-0.05, 0) is 44.7 Å². The van der Waals surface area contributed by atoms with Crippen LogP contribution in [0.4, 0.5) is 0 Å². The number of hydrogen-bond donors (Lipinski definition) is 8. The fourth-order valence-electron chi connectivity index (χ4n) is 4.07. The summed E-state index contributed by atoms with van der Waals surface area (Å²) in [5.74, 6) is -6.34. The summed E-state index contributed by atoms with van der Waals surface area (Å²) in [7, 11) is 0. The number of aliphatic carboxylic acids is 2. The number of benzene rings is 1. The van der Waals surface area contributed by atoms with E-state index < -0.39 is 73.1 Å². The van der Waals surface area contributed by atoms with Gasteiger partial charge in [0.15, 0.2) is 0 Å². The van der Waals surface area contributed by atoms with Crippen LogP contribution >= 0.6 is 0 Å². The molecule has 0 aliphatic rings. The van der Waals surface area contributed by atoms with E-state index in [4.69, 9.17) is 20.3 Å². The van der Waals surface area contributed by atoms with Gasteiger partial charge in [-0.2, -0.15) is 0 Å². The molecule has 1 aromatic carbocycles. The molecule has 0 aliphatic carbocycles. The van der Waals surface area contributed by atoms with Crippen LogP contribution < -0.4 is 32.3 Å². The second kappa shape index (κ2) is 24.1. The summed E-state index contributed by atoms with van der Waals surface area (Å²) in [5.41, 5.74) is 6.43. The third-order valence-electron chi connectivity index (χ3n) is 6.62. The number of aryl methyl sites for hydroxylation is 1. The third-order valence-corrected chi connectivity index (χ3v) is 6.62. The highest BCUT2D eigenvalue weighted by atomic mass is 16.5. The highest BCUT2D eigenvalue weighted by molar-refractivity contribution is 5.94. The number of carbonyl (C=O) groups is 8. The number of nitrogens with one attached hydrogen (secondary N) is 5. The predicted molar refractivity (Wildman–Crippen MR) is 172 cm³/mol. The van der Waals surface area contributed by atoms with Gasteiger partial charge in [-0.15, -0.1) is 0 Å². The summed E-state index contributed by atoms with van der Waals surface area (Å²) in [6, 6.07) is 4.41. The molecule has 1 rings (SSSR count). The van der Waals surface area contributed by atoms with E-state index in [1.54, 1.807) is 18.2 Å². The second-order valence-electron chi connectivity index (χ2n) is 10.8. The summed E-state index contributed by atoms with van der Waals surface area (Å²) < 4.78 is 10.3. The maximum Gasteiger partial charge on any atom is 0.326 e. The third kappa shape index (κ3) is 20.7. The van der Waals surface area contributed by atoms with Crippen molar-refractivity contribution in [1.29, 1.82) is 0 Å². The Hall–Kier alpha value is -5.10. The SMILES string of the molecule is Cc1cccc(C(=O)NCCCCC(NC(=O)CNC(=O)[C@@H](CCC(=O)O)NC(=O)CNC(=O)CCOCCOCCC(N)=O)C(=O)O)c1. The average molecular weight is 695 g/mol. The molecule has 18 nitrogen and oxygen atoms in total. The van der Waals surface area contributed by atoms with Crippen molar-refractivity contribution in [2.24, 2.45) is 5.73 Å². The van der Waals surface area contributed by atoms with Crippen LogP contribution in [0.2, 0.25) is 0 Å². The van der Waals surface area contributed by atoms with Crippen molar-refractivity contribution in [3.63, 3.8) is 0 Å². The monoisotopic (exact) mass is 694 g/mol. The molecule has 0 aromatic heterocycles. The van der Waals surface area contributed by atoms with Crippen molar-refractivity contribution in [3.8, 4) is 0 Å². The van der Waals surface area contributed by atoms with Gasteiger partial charge in [0.2, 0.25) is 29.5 Å². The van der Waals surface area contributed by atoms with Crippen molar-refractivity contribution < 1.29 is 58.0 Å². The topological polar surface area (TPSA) is 282 Å². The molecular weight excluding hydrogens is 648 g/mol. The summed E-state index contributed by atoms with van der Waals surface area (Å²) in [4.78, 5) is 95.0. The molecule has 0 saturated carbocycles. The van der Waals surface area contributed by atoms with Crippen LogP contribution in [0.1, 0.15) is 60.9 Å². The molecule has 0 heterocycles. The van der Waals surface area contributed by atoms with Crippen LogP contribution in [0.3, 0.4) is 0 Å². The Labute approximate surface area is 283 Å². The first kappa shape index (κ1) is 41.9. The van der Waals surface area contributed by atoms with E-state index in [2.05, 4.69) is 26.6 Å². The van der Waals surface area contributed by atoms with Crippen molar-refractivity contribution in [2.45, 2.75) is 64.0 Å². The van der Waals surface area contributed by atoms with Gasteiger partial charge in [-0.25, -0.2) is 4.79 Å². The standard InChI is InChI=1S/C31H46N6O12/c1-20-5-4-6-21(17-20)29(44)33-12-3-2-7-23(31(46)47)37-27(41)19-35-30(45)22(8-9-28(42)43)36-26(40)18-34-25(39)11-14-49-16-15-48-13-10-24(32)38/h4-6,17,22-23H,2-3,7-16,18-19H2,1H3,(H2,32,38)(H,33,44)(H,34,39)(H,35,45)(H,36,40)(H,37,41)(H,42,43)(H,46,47)/t22-,23?/m1/s1. The first-order chi connectivity index (χ1) is 23.3. The number of hydrogen-bond acceptors (Lipinski definition) is 10. The highest BCUT2D eigenvalue weighted by Gasteiger charge is 2.24. The van der Waals surface area contributed by atoms with Crippen LogP contribution in [0.5, 0.6) is 0 Å². The lowest BCUT2D eigenvalue weighted by molar-refractivity contribution is -0.142. The van der Waals surface area contributed by atoms with E-state index in [9.17, 15) is 43.5 Å². The van der Waals surface area contributed by atoms with Gasteiger partial charge in [-0.3, -0.25) is 33.6 Å². The van der Waals surface area contributed by atoms with Crippen LogP contribution in [-0.2, 0) is 43.0 Å². The first-order valence-corrected chi connectivity index (χ1v) is 15.6. The molecule has 18 heteroatoms.